The zero-order valence-electron chi connectivity index (χ0n) is 13.9. The van der Waals surface area contributed by atoms with Crippen LogP contribution in [-0.4, -0.2) is 46.7 Å². The van der Waals surface area contributed by atoms with E-state index in [0.717, 1.165) is 5.69 Å². The molecule has 0 unspecified atom stereocenters. The summed E-state index contributed by atoms with van der Waals surface area (Å²) in [5.41, 5.74) is 0.599. The molecule has 8 heteroatoms. The van der Waals surface area contributed by atoms with Crippen molar-refractivity contribution in [1.29, 1.82) is 0 Å². The molecule has 130 valence electrons. The highest BCUT2D eigenvalue weighted by atomic mass is 32.2. The van der Waals surface area contributed by atoms with Crippen LogP contribution in [0.5, 0.6) is 0 Å². The van der Waals surface area contributed by atoms with Gasteiger partial charge >= 0.3 is 5.69 Å². The molecule has 1 heterocycles. The Morgan fingerprint density at radius 1 is 1.38 bits per heavy atom. The second-order valence-corrected chi connectivity index (χ2v) is 6.01. The highest BCUT2D eigenvalue weighted by Crippen LogP contribution is 2.18. The molecule has 2 aromatic rings. The van der Waals surface area contributed by atoms with Crippen LogP contribution in [0.1, 0.15) is 13.3 Å². The Morgan fingerprint density at radius 3 is 2.79 bits per heavy atom. The second kappa shape index (κ2) is 9.29. The van der Waals surface area contributed by atoms with Gasteiger partial charge in [-0.05, 0) is 25.5 Å². The van der Waals surface area contributed by atoms with Crippen molar-refractivity contribution in [2.45, 2.75) is 25.0 Å². The Kier molecular flexibility index (Phi) is 7.07. The first-order valence-corrected chi connectivity index (χ1v) is 8.78. The number of ether oxygens (including phenoxy) is 1. The quantitative estimate of drug-likeness (QED) is 0.550. The number of hydrogen-bond acceptors (Lipinski definition) is 5. The van der Waals surface area contributed by atoms with E-state index in [0.29, 0.717) is 31.3 Å². The lowest BCUT2D eigenvalue weighted by molar-refractivity contribution is -0.116. The lowest BCUT2D eigenvalue weighted by Crippen LogP contribution is -2.32. The van der Waals surface area contributed by atoms with Gasteiger partial charge in [0.25, 0.3) is 0 Å². The average Bonchev–Trinajstić information content (AvgIpc) is 2.95. The summed E-state index contributed by atoms with van der Waals surface area (Å²) in [6.07, 6.45) is 0.711. The number of thioether (sulfide) groups is 1. The number of para-hydroxylation sites is 1. The van der Waals surface area contributed by atoms with E-state index in [2.05, 4.69) is 10.2 Å². The van der Waals surface area contributed by atoms with E-state index < -0.39 is 0 Å². The smallest absolute Gasteiger partial charge is 0.343 e. The van der Waals surface area contributed by atoms with Gasteiger partial charge in [0, 0.05) is 32.5 Å². The lowest BCUT2D eigenvalue weighted by atomic mass is 10.3. The number of carbonyl (C=O) groups excluding carboxylic acids is 1. The topological polar surface area (TPSA) is 80.2 Å². The van der Waals surface area contributed by atoms with Crippen LogP contribution in [0.2, 0.25) is 0 Å². The van der Waals surface area contributed by atoms with Gasteiger partial charge in [0.2, 0.25) is 5.91 Å². The molecule has 0 fully saturated rings. The number of nitrogens with zero attached hydrogens (tertiary/aromatic N) is 3. The third-order valence-corrected chi connectivity index (χ3v) is 4.42. The first kappa shape index (κ1) is 18.3. The van der Waals surface area contributed by atoms with Crippen LogP contribution < -0.4 is 10.6 Å². The largest absolute Gasteiger partial charge is 0.385 e. The van der Waals surface area contributed by atoms with Gasteiger partial charge in [-0.1, -0.05) is 30.0 Å². The summed E-state index contributed by atoms with van der Waals surface area (Å²) in [5.74, 6) is 0.199. The first-order valence-electron chi connectivity index (χ1n) is 7.79. The Bertz CT molecular complexity index is 699. The normalized spacial score (nSPS) is 10.8. The highest BCUT2D eigenvalue weighted by molar-refractivity contribution is 7.99. The van der Waals surface area contributed by atoms with E-state index in [1.54, 1.807) is 12.0 Å². The number of H-pyrrole nitrogens is 1. The number of rotatable bonds is 9. The Morgan fingerprint density at radius 2 is 2.12 bits per heavy atom. The van der Waals surface area contributed by atoms with E-state index in [1.165, 1.54) is 16.3 Å². The number of benzene rings is 1. The third-order valence-electron chi connectivity index (χ3n) is 3.46. The van der Waals surface area contributed by atoms with Gasteiger partial charge in [-0.3, -0.25) is 9.36 Å². The van der Waals surface area contributed by atoms with Crippen LogP contribution in [0, 0.1) is 0 Å². The summed E-state index contributed by atoms with van der Waals surface area (Å²) in [6, 6.07) is 9.53. The molecule has 0 aliphatic rings. The Labute approximate surface area is 145 Å². The average molecular weight is 350 g/mol. The molecular formula is C16H22N4O3S. The van der Waals surface area contributed by atoms with E-state index in [1.807, 2.05) is 37.3 Å². The van der Waals surface area contributed by atoms with Crippen LogP contribution in [0.3, 0.4) is 0 Å². The van der Waals surface area contributed by atoms with Gasteiger partial charge in [-0.25, -0.2) is 9.89 Å². The lowest BCUT2D eigenvalue weighted by Gasteiger charge is -2.20. The summed E-state index contributed by atoms with van der Waals surface area (Å²) in [7, 11) is 1.62. The number of methoxy groups -OCH3 is 1. The zero-order valence-corrected chi connectivity index (χ0v) is 14.7. The van der Waals surface area contributed by atoms with Crippen LogP contribution in [0.25, 0.3) is 0 Å². The van der Waals surface area contributed by atoms with Crippen molar-refractivity contribution < 1.29 is 9.53 Å². The predicted molar refractivity (Wildman–Crippen MR) is 94.5 cm³/mol. The van der Waals surface area contributed by atoms with Crippen molar-refractivity contribution in [3.05, 3.63) is 40.8 Å². The molecule has 1 aromatic carbocycles. The van der Waals surface area contributed by atoms with Gasteiger partial charge in [0.1, 0.15) is 0 Å². The molecular weight excluding hydrogens is 328 g/mol. The molecule has 0 aliphatic carbocycles. The van der Waals surface area contributed by atoms with Gasteiger partial charge < -0.3 is 9.64 Å². The minimum Gasteiger partial charge on any atom is -0.385 e. The fourth-order valence-electron chi connectivity index (χ4n) is 2.29. The van der Waals surface area contributed by atoms with Crippen LogP contribution >= 0.6 is 11.8 Å². The van der Waals surface area contributed by atoms with Crippen molar-refractivity contribution >= 4 is 23.4 Å². The molecule has 0 saturated heterocycles. The summed E-state index contributed by atoms with van der Waals surface area (Å²) in [4.78, 5) is 26.0. The van der Waals surface area contributed by atoms with E-state index in [-0.39, 0.29) is 17.3 Å². The minimum atomic E-state index is -0.267. The third kappa shape index (κ3) is 4.72. The van der Waals surface area contributed by atoms with Crippen LogP contribution in [0.15, 0.2) is 40.3 Å². The molecule has 2 rings (SSSR count). The molecule has 24 heavy (non-hydrogen) atoms. The second-order valence-electron chi connectivity index (χ2n) is 5.07. The molecule has 0 radical (unpaired) electrons. The van der Waals surface area contributed by atoms with E-state index in [9.17, 15) is 9.59 Å². The Hall–Kier alpha value is -2.06. The zero-order chi connectivity index (χ0) is 17.4. The van der Waals surface area contributed by atoms with Gasteiger partial charge in [-0.2, -0.15) is 0 Å². The van der Waals surface area contributed by atoms with E-state index >= 15 is 0 Å². The highest BCUT2D eigenvalue weighted by Gasteiger charge is 2.16. The fraction of sp³-hybridized carbons (Fsp3) is 0.438. The van der Waals surface area contributed by atoms with Crippen molar-refractivity contribution in [2.75, 3.05) is 30.9 Å². The molecule has 0 aliphatic heterocycles. The van der Waals surface area contributed by atoms with Gasteiger partial charge in [0.05, 0.1) is 5.75 Å². The molecule has 0 spiro atoms. The number of aromatic amines is 1. The molecule has 0 atom stereocenters. The SMILES string of the molecule is CCN(C(=O)CSc1n[nH]c(=O)n1CCCOC)c1ccccc1. The number of carbonyl (C=O) groups is 1. The first-order chi connectivity index (χ1) is 11.7. The minimum absolute atomic E-state index is 0.0207. The van der Waals surface area contributed by atoms with Crippen molar-refractivity contribution in [3.63, 3.8) is 0 Å². The number of anilines is 1. The Balaban J connectivity index is 2.00. The van der Waals surface area contributed by atoms with Crippen LogP contribution in [0.4, 0.5) is 5.69 Å². The summed E-state index contributed by atoms with van der Waals surface area (Å²) >= 11 is 1.26. The van der Waals surface area contributed by atoms with Crippen LogP contribution in [-0.2, 0) is 16.1 Å². The monoisotopic (exact) mass is 350 g/mol. The molecule has 1 aromatic heterocycles. The maximum Gasteiger partial charge on any atom is 0.343 e. The maximum atomic E-state index is 12.5. The molecule has 0 saturated carbocycles. The van der Waals surface area contributed by atoms with Gasteiger partial charge in [-0.15, -0.1) is 5.10 Å². The standard InChI is InChI=1S/C16H22N4O3S/c1-3-19(13-8-5-4-6-9-13)14(21)12-24-16-18-17-15(22)20(16)10-7-11-23-2/h4-6,8-9H,3,7,10-12H2,1-2H3,(H,17,22). The van der Waals surface area contributed by atoms with Crippen molar-refractivity contribution in [2.24, 2.45) is 0 Å². The van der Waals surface area contributed by atoms with Crippen molar-refractivity contribution in [3.8, 4) is 0 Å². The summed E-state index contributed by atoms with van der Waals surface area (Å²) < 4.78 is 6.54. The number of aromatic nitrogens is 3. The maximum absolute atomic E-state index is 12.5. The number of amides is 1. The van der Waals surface area contributed by atoms with E-state index in [4.69, 9.17) is 4.74 Å². The summed E-state index contributed by atoms with van der Waals surface area (Å²) in [5, 5.41) is 6.96. The van der Waals surface area contributed by atoms with Gasteiger partial charge in [0.15, 0.2) is 5.16 Å². The molecule has 1 N–H and O–H groups in total. The molecule has 0 bridgehead atoms. The molecule has 7 nitrogen and oxygen atoms in total. The predicted octanol–water partition coefficient (Wildman–Crippen LogP) is 1.75. The number of hydrogen-bond donors (Lipinski definition) is 1. The number of nitrogens with one attached hydrogen (secondary N) is 1. The summed E-state index contributed by atoms with van der Waals surface area (Å²) in [6.45, 7) is 3.60. The fourth-order valence-corrected chi connectivity index (χ4v) is 3.14. The van der Waals surface area contributed by atoms with Crippen molar-refractivity contribution in [1.82, 2.24) is 14.8 Å². The molecule has 1 amide bonds.